The molecule has 1 rings (SSSR count). The number of amides is 1. The van der Waals surface area contributed by atoms with Gasteiger partial charge in [0.05, 0.1) is 6.54 Å². The van der Waals surface area contributed by atoms with Crippen LogP contribution in [-0.4, -0.2) is 34.2 Å². The Kier molecular flexibility index (Phi) is 4.67. The summed E-state index contributed by atoms with van der Waals surface area (Å²) in [6.07, 6.45) is 0. The van der Waals surface area contributed by atoms with Gasteiger partial charge in [-0.1, -0.05) is 23.7 Å². The largest absolute Gasteiger partial charge is 0.479 e. The van der Waals surface area contributed by atoms with E-state index < -0.39 is 35.5 Å². The molecular weight excluding hydrogens is 296 g/mol. The van der Waals surface area contributed by atoms with E-state index in [1.54, 1.807) is 5.32 Å². The van der Waals surface area contributed by atoms with Crippen LogP contribution in [0.4, 0.5) is 8.78 Å². The van der Waals surface area contributed by atoms with Gasteiger partial charge in [-0.3, -0.25) is 4.79 Å². The van der Waals surface area contributed by atoms with Gasteiger partial charge in [0.1, 0.15) is 0 Å². The fourth-order valence-electron chi connectivity index (χ4n) is 1.25. The lowest BCUT2D eigenvalue weighted by Crippen LogP contribution is -2.49. The average Bonchev–Trinajstić information content (AvgIpc) is 2.35. The maximum absolute atomic E-state index is 13.8. The van der Waals surface area contributed by atoms with E-state index >= 15 is 0 Å². The molecular formula is C12H12ClF2NO4. The van der Waals surface area contributed by atoms with Gasteiger partial charge in [-0.05, 0) is 19.1 Å². The number of carboxylic acids is 1. The van der Waals surface area contributed by atoms with Crippen molar-refractivity contribution in [3.05, 3.63) is 34.9 Å². The van der Waals surface area contributed by atoms with Crippen LogP contribution >= 0.6 is 11.6 Å². The molecule has 20 heavy (non-hydrogen) atoms. The number of rotatable bonds is 5. The first-order chi connectivity index (χ1) is 9.07. The predicted octanol–water partition coefficient (Wildman–Crippen LogP) is 1.38. The maximum atomic E-state index is 13.8. The van der Waals surface area contributed by atoms with E-state index in [9.17, 15) is 23.5 Å². The number of aliphatic carboxylic acids is 1. The van der Waals surface area contributed by atoms with Crippen molar-refractivity contribution >= 4 is 23.5 Å². The molecule has 0 spiro atoms. The van der Waals surface area contributed by atoms with E-state index in [1.165, 1.54) is 12.1 Å². The molecule has 110 valence electrons. The van der Waals surface area contributed by atoms with Gasteiger partial charge in [0.2, 0.25) is 0 Å². The van der Waals surface area contributed by atoms with Gasteiger partial charge < -0.3 is 15.5 Å². The molecule has 0 aromatic heterocycles. The SMILES string of the molecule is CC(O)(CNC(=O)C(F)(F)c1cccc(Cl)c1)C(=O)O. The number of benzene rings is 1. The van der Waals surface area contributed by atoms with E-state index in [0.29, 0.717) is 0 Å². The Hall–Kier alpha value is -1.73. The van der Waals surface area contributed by atoms with Crippen LogP contribution in [0.5, 0.6) is 0 Å². The van der Waals surface area contributed by atoms with Crippen LogP contribution < -0.4 is 5.32 Å². The number of hydrogen-bond acceptors (Lipinski definition) is 3. The highest BCUT2D eigenvalue weighted by atomic mass is 35.5. The highest BCUT2D eigenvalue weighted by molar-refractivity contribution is 6.30. The van der Waals surface area contributed by atoms with Crippen LogP contribution in [0.3, 0.4) is 0 Å². The summed E-state index contributed by atoms with van der Waals surface area (Å²) in [5.41, 5.74) is -2.96. The number of aliphatic hydroxyl groups is 1. The van der Waals surface area contributed by atoms with Gasteiger partial charge in [-0.2, -0.15) is 8.78 Å². The maximum Gasteiger partial charge on any atom is 0.349 e. The van der Waals surface area contributed by atoms with Gasteiger partial charge >= 0.3 is 11.9 Å². The Morgan fingerprint density at radius 2 is 2.00 bits per heavy atom. The van der Waals surface area contributed by atoms with E-state index in [4.69, 9.17) is 16.7 Å². The van der Waals surface area contributed by atoms with E-state index in [2.05, 4.69) is 0 Å². The van der Waals surface area contributed by atoms with Crippen LogP contribution in [-0.2, 0) is 15.5 Å². The number of nitrogens with one attached hydrogen (secondary N) is 1. The minimum atomic E-state index is -3.89. The smallest absolute Gasteiger partial charge is 0.349 e. The molecule has 1 atom stereocenters. The standard InChI is InChI=1S/C12H12ClF2NO4/c1-11(20,10(18)19)6-16-9(17)12(14,15)7-3-2-4-8(13)5-7/h2-5,20H,6H2,1H3,(H,16,17)(H,18,19). The Bertz CT molecular complexity index is 534. The van der Waals surface area contributed by atoms with Crippen molar-refractivity contribution in [3.63, 3.8) is 0 Å². The lowest BCUT2D eigenvalue weighted by atomic mass is 10.1. The summed E-state index contributed by atoms with van der Waals surface area (Å²) in [7, 11) is 0. The Labute approximate surface area is 118 Å². The zero-order chi connectivity index (χ0) is 15.6. The van der Waals surface area contributed by atoms with Crippen LogP contribution in [0.1, 0.15) is 12.5 Å². The van der Waals surface area contributed by atoms with E-state index in [0.717, 1.165) is 19.1 Å². The molecule has 1 amide bonds. The lowest BCUT2D eigenvalue weighted by Gasteiger charge is -2.21. The third-order valence-corrected chi connectivity index (χ3v) is 2.76. The average molecular weight is 308 g/mol. The van der Waals surface area contributed by atoms with Crippen molar-refractivity contribution in [2.75, 3.05) is 6.54 Å². The summed E-state index contributed by atoms with van der Waals surface area (Å²) in [5.74, 6) is -7.25. The number of alkyl halides is 2. The normalized spacial score (nSPS) is 14.4. The summed E-state index contributed by atoms with van der Waals surface area (Å²) >= 11 is 5.56. The summed E-state index contributed by atoms with van der Waals surface area (Å²) < 4.78 is 27.6. The lowest BCUT2D eigenvalue weighted by molar-refractivity contribution is -0.158. The van der Waals surface area contributed by atoms with Crippen molar-refractivity contribution in [3.8, 4) is 0 Å². The molecule has 0 bridgehead atoms. The van der Waals surface area contributed by atoms with Gasteiger partial charge in [-0.25, -0.2) is 4.79 Å². The number of halogens is 3. The zero-order valence-electron chi connectivity index (χ0n) is 10.4. The third-order valence-electron chi connectivity index (χ3n) is 2.53. The van der Waals surface area contributed by atoms with Crippen molar-refractivity contribution in [1.82, 2.24) is 5.32 Å². The molecule has 0 saturated carbocycles. The molecule has 0 aliphatic rings. The summed E-state index contributed by atoms with van der Waals surface area (Å²) in [6, 6.07) is 4.57. The first-order valence-electron chi connectivity index (χ1n) is 5.45. The molecule has 1 aromatic rings. The third kappa shape index (κ3) is 3.64. The first kappa shape index (κ1) is 16.3. The highest BCUT2D eigenvalue weighted by Crippen LogP contribution is 2.29. The first-order valence-corrected chi connectivity index (χ1v) is 5.83. The van der Waals surface area contributed by atoms with Gasteiger partial charge in [-0.15, -0.1) is 0 Å². The molecule has 0 fully saturated rings. The molecule has 3 N–H and O–H groups in total. The molecule has 0 heterocycles. The molecule has 5 nitrogen and oxygen atoms in total. The molecule has 8 heteroatoms. The van der Waals surface area contributed by atoms with Gasteiger partial charge in [0.25, 0.3) is 5.91 Å². The van der Waals surface area contributed by atoms with Crippen molar-refractivity contribution in [2.45, 2.75) is 18.4 Å². The Morgan fingerprint density at radius 1 is 1.40 bits per heavy atom. The number of carbonyl (C=O) groups excluding carboxylic acids is 1. The quantitative estimate of drug-likeness (QED) is 0.767. The minimum Gasteiger partial charge on any atom is -0.479 e. The second-order valence-electron chi connectivity index (χ2n) is 4.35. The van der Waals surface area contributed by atoms with Crippen LogP contribution in [0.15, 0.2) is 24.3 Å². The van der Waals surface area contributed by atoms with Crippen molar-refractivity contribution in [1.29, 1.82) is 0 Å². The van der Waals surface area contributed by atoms with Crippen molar-refractivity contribution < 1.29 is 28.6 Å². The van der Waals surface area contributed by atoms with E-state index in [-0.39, 0.29) is 5.02 Å². The highest BCUT2D eigenvalue weighted by Gasteiger charge is 2.42. The summed E-state index contributed by atoms with van der Waals surface area (Å²) in [4.78, 5) is 22.0. The molecule has 0 aliphatic carbocycles. The number of hydrogen-bond donors (Lipinski definition) is 3. The second kappa shape index (κ2) is 5.72. The van der Waals surface area contributed by atoms with E-state index in [1.807, 2.05) is 0 Å². The molecule has 0 radical (unpaired) electrons. The molecule has 1 unspecified atom stereocenters. The van der Waals surface area contributed by atoms with Crippen LogP contribution in [0.2, 0.25) is 5.02 Å². The molecule has 0 aliphatic heterocycles. The van der Waals surface area contributed by atoms with Crippen LogP contribution in [0.25, 0.3) is 0 Å². The number of carboxylic acid groups (broad SMARTS) is 1. The molecule has 0 saturated heterocycles. The second-order valence-corrected chi connectivity index (χ2v) is 4.78. The Balaban J connectivity index is 2.83. The van der Waals surface area contributed by atoms with Gasteiger partial charge in [0, 0.05) is 10.6 Å². The zero-order valence-corrected chi connectivity index (χ0v) is 11.1. The predicted molar refractivity (Wildman–Crippen MR) is 66.6 cm³/mol. The Morgan fingerprint density at radius 3 is 2.50 bits per heavy atom. The molecule has 1 aromatic carbocycles. The van der Waals surface area contributed by atoms with Crippen LogP contribution in [0, 0.1) is 0 Å². The summed E-state index contributed by atoms with van der Waals surface area (Å²) in [5, 5.41) is 19.7. The summed E-state index contributed by atoms with van der Waals surface area (Å²) in [6.45, 7) is 0.0322. The monoisotopic (exact) mass is 307 g/mol. The topological polar surface area (TPSA) is 86.6 Å². The fraction of sp³-hybridized carbons (Fsp3) is 0.333. The minimum absolute atomic E-state index is 0.0347. The fourth-order valence-corrected chi connectivity index (χ4v) is 1.44. The van der Waals surface area contributed by atoms with Crippen molar-refractivity contribution in [2.24, 2.45) is 0 Å². The number of carbonyl (C=O) groups is 2. The van der Waals surface area contributed by atoms with Gasteiger partial charge in [0.15, 0.2) is 5.60 Å².